The molecule has 0 bridgehead atoms. The number of nitrogens with one attached hydrogen (secondary N) is 1. The van der Waals surface area contributed by atoms with Crippen LogP contribution in [0.5, 0.6) is 0 Å². The third-order valence-corrected chi connectivity index (χ3v) is 4.80. The second kappa shape index (κ2) is 6.69. The SMILES string of the molecule is O=C(Nc1ccc(N2CCc3ccccc32)nc1)c1ccc(Br)cc1. The van der Waals surface area contributed by atoms with Crippen molar-refractivity contribution in [1.82, 2.24) is 4.98 Å². The first kappa shape index (κ1) is 15.8. The lowest BCUT2D eigenvalue weighted by atomic mass is 10.2. The maximum absolute atomic E-state index is 12.3. The Kier molecular flexibility index (Phi) is 4.24. The number of halogens is 1. The third-order valence-electron chi connectivity index (χ3n) is 4.28. The number of hydrogen-bond donors (Lipinski definition) is 1. The molecule has 1 aliphatic heterocycles. The number of fused-ring (bicyclic) bond motifs is 1. The summed E-state index contributed by atoms with van der Waals surface area (Å²) >= 11 is 3.37. The lowest BCUT2D eigenvalue weighted by Crippen LogP contribution is -2.15. The average molecular weight is 394 g/mol. The number of benzene rings is 2. The number of anilines is 3. The van der Waals surface area contributed by atoms with Crippen molar-refractivity contribution in [3.05, 3.63) is 82.5 Å². The lowest BCUT2D eigenvalue weighted by molar-refractivity contribution is 0.102. The summed E-state index contributed by atoms with van der Waals surface area (Å²) in [6.45, 7) is 0.928. The van der Waals surface area contributed by atoms with Crippen LogP contribution < -0.4 is 10.2 Å². The Labute approximate surface area is 154 Å². The second-order valence-corrected chi connectivity index (χ2v) is 6.81. The number of rotatable bonds is 3. The molecule has 2 heterocycles. The first-order chi connectivity index (χ1) is 12.2. The quantitative estimate of drug-likeness (QED) is 0.695. The van der Waals surface area contributed by atoms with Crippen LogP contribution in [0, 0.1) is 0 Å². The predicted molar refractivity (Wildman–Crippen MR) is 103 cm³/mol. The molecule has 4 nitrogen and oxygen atoms in total. The molecule has 1 amide bonds. The van der Waals surface area contributed by atoms with Crippen LogP contribution in [0.2, 0.25) is 0 Å². The van der Waals surface area contributed by atoms with Crippen LogP contribution in [0.25, 0.3) is 0 Å². The van der Waals surface area contributed by atoms with Gasteiger partial charge in [-0.2, -0.15) is 0 Å². The monoisotopic (exact) mass is 393 g/mol. The van der Waals surface area contributed by atoms with Crippen LogP contribution in [-0.2, 0) is 6.42 Å². The zero-order chi connectivity index (χ0) is 17.2. The molecule has 0 atom stereocenters. The molecule has 124 valence electrons. The van der Waals surface area contributed by atoms with Gasteiger partial charge in [-0.15, -0.1) is 0 Å². The zero-order valence-electron chi connectivity index (χ0n) is 13.4. The highest BCUT2D eigenvalue weighted by Crippen LogP contribution is 2.33. The Morgan fingerprint density at radius 3 is 2.60 bits per heavy atom. The van der Waals surface area contributed by atoms with Crippen LogP contribution in [0.4, 0.5) is 17.2 Å². The molecular weight excluding hydrogens is 378 g/mol. The molecule has 3 aromatic rings. The lowest BCUT2D eigenvalue weighted by Gasteiger charge is -2.18. The van der Waals surface area contributed by atoms with Gasteiger partial charge in [0.15, 0.2) is 0 Å². The third kappa shape index (κ3) is 3.28. The number of hydrogen-bond acceptors (Lipinski definition) is 3. The van der Waals surface area contributed by atoms with Crippen molar-refractivity contribution in [2.75, 3.05) is 16.8 Å². The number of amides is 1. The maximum atomic E-state index is 12.3. The van der Waals surface area contributed by atoms with Gasteiger partial charge in [-0.05, 0) is 54.4 Å². The van der Waals surface area contributed by atoms with E-state index in [0.29, 0.717) is 11.3 Å². The van der Waals surface area contributed by atoms with Crippen molar-refractivity contribution < 1.29 is 4.79 Å². The topological polar surface area (TPSA) is 45.2 Å². The van der Waals surface area contributed by atoms with E-state index in [9.17, 15) is 4.79 Å². The highest BCUT2D eigenvalue weighted by molar-refractivity contribution is 9.10. The summed E-state index contributed by atoms with van der Waals surface area (Å²) in [6.07, 6.45) is 2.73. The van der Waals surface area contributed by atoms with Gasteiger partial charge in [0, 0.05) is 22.3 Å². The fourth-order valence-corrected chi connectivity index (χ4v) is 3.26. The van der Waals surface area contributed by atoms with Gasteiger partial charge in [0.2, 0.25) is 0 Å². The molecule has 1 aliphatic rings. The molecule has 1 N–H and O–H groups in total. The Morgan fingerprint density at radius 2 is 1.84 bits per heavy atom. The molecule has 4 rings (SSSR count). The van der Waals surface area contributed by atoms with E-state index in [4.69, 9.17) is 0 Å². The van der Waals surface area contributed by atoms with Crippen molar-refractivity contribution in [1.29, 1.82) is 0 Å². The van der Waals surface area contributed by atoms with E-state index in [1.807, 2.05) is 30.3 Å². The van der Waals surface area contributed by atoms with Crippen molar-refractivity contribution >= 4 is 39.0 Å². The molecule has 0 radical (unpaired) electrons. The summed E-state index contributed by atoms with van der Waals surface area (Å²) in [4.78, 5) is 19.0. The number of nitrogens with zero attached hydrogens (tertiary/aromatic N) is 2. The zero-order valence-corrected chi connectivity index (χ0v) is 15.0. The maximum Gasteiger partial charge on any atom is 0.255 e. The molecule has 25 heavy (non-hydrogen) atoms. The van der Waals surface area contributed by atoms with Gasteiger partial charge in [-0.25, -0.2) is 4.98 Å². The van der Waals surface area contributed by atoms with Gasteiger partial charge in [-0.3, -0.25) is 4.79 Å². The Morgan fingerprint density at radius 1 is 1.04 bits per heavy atom. The molecule has 0 unspecified atom stereocenters. The number of aromatic nitrogens is 1. The van der Waals surface area contributed by atoms with Crippen molar-refractivity contribution in [2.24, 2.45) is 0 Å². The fourth-order valence-electron chi connectivity index (χ4n) is 3.00. The number of pyridine rings is 1. The summed E-state index contributed by atoms with van der Waals surface area (Å²) in [6, 6.07) is 19.5. The minimum absolute atomic E-state index is 0.145. The summed E-state index contributed by atoms with van der Waals surface area (Å²) in [5.41, 5.74) is 3.85. The molecule has 5 heteroatoms. The number of carbonyl (C=O) groups excluding carboxylic acids is 1. The minimum atomic E-state index is -0.145. The van der Waals surface area contributed by atoms with Crippen LogP contribution >= 0.6 is 15.9 Å². The molecule has 0 saturated carbocycles. The summed E-state index contributed by atoms with van der Waals surface area (Å²) in [7, 11) is 0. The normalized spacial score (nSPS) is 12.8. The number of para-hydroxylation sites is 1. The highest BCUT2D eigenvalue weighted by atomic mass is 79.9. The van der Waals surface area contributed by atoms with Gasteiger partial charge in [0.05, 0.1) is 11.9 Å². The standard InChI is InChI=1S/C20H16BrN3O/c21-16-7-5-15(6-8-16)20(25)23-17-9-10-19(22-13-17)24-12-11-14-3-1-2-4-18(14)24/h1-10,13H,11-12H2,(H,23,25). The van der Waals surface area contributed by atoms with E-state index in [1.54, 1.807) is 18.3 Å². The van der Waals surface area contributed by atoms with Crippen molar-refractivity contribution in [3.63, 3.8) is 0 Å². The predicted octanol–water partition coefficient (Wildman–Crippen LogP) is 4.79. The van der Waals surface area contributed by atoms with Gasteiger partial charge >= 0.3 is 0 Å². The Hall–Kier alpha value is -2.66. The molecule has 2 aromatic carbocycles. The van der Waals surface area contributed by atoms with E-state index < -0.39 is 0 Å². The molecular formula is C20H16BrN3O. The molecule has 0 spiro atoms. The van der Waals surface area contributed by atoms with Crippen molar-refractivity contribution in [2.45, 2.75) is 6.42 Å². The van der Waals surface area contributed by atoms with Gasteiger partial charge in [0.25, 0.3) is 5.91 Å². The first-order valence-electron chi connectivity index (χ1n) is 8.09. The van der Waals surface area contributed by atoms with Crippen LogP contribution in [0.1, 0.15) is 15.9 Å². The average Bonchev–Trinajstić information content (AvgIpc) is 3.07. The van der Waals surface area contributed by atoms with E-state index in [2.05, 4.69) is 49.3 Å². The van der Waals surface area contributed by atoms with Crippen LogP contribution in [0.15, 0.2) is 71.3 Å². The van der Waals surface area contributed by atoms with Crippen LogP contribution in [0.3, 0.4) is 0 Å². The first-order valence-corrected chi connectivity index (χ1v) is 8.88. The second-order valence-electron chi connectivity index (χ2n) is 5.90. The van der Waals surface area contributed by atoms with E-state index in [1.165, 1.54) is 11.3 Å². The highest BCUT2D eigenvalue weighted by Gasteiger charge is 2.20. The molecule has 0 saturated heterocycles. The Balaban J connectivity index is 1.49. The van der Waals surface area contributed by atoms with E-state index in [-0.39, 0.29) is 5.91 Å². The van der Waals surface area contributed by atoms with E-state index >= 15 is 0 Å². The van der Waals surface area contributed by atoms with Gasteiger partial charge in [0.1, 0.15) is 5.82 Å². The van der Waals surface area contributed by atoms with Crippen LogP contribution in [-0.4, -0.2) is 17.4 Å². The van der Waals surface area contributed by atoms with Gasteiger partial charge in [-0.1, -0.05) is 34.1 Å². The van der Waals surface area contributed by atoms with E-state index in [0.717, 1.165) is 23.3 Å². The van der Waals surface area contributed by atoms with Crippen molar-refractivity contribution in [3.8, 4) is 0 Å². The minimum Gasteiger partial charge on any atom is -0.326 e. The molecule has 0 aliphatic carbocycles. The fraction of sp³-hybridized carbons (Fsp3) is 0.100. The van der Waals surface area contributed by atoms with Gasteiger partial charge < -0.3 is 10.2 Å². The molecule has 1 aromatic heterocycles. The largest absolute Gasteiger partial charge is 0.326 e. The summed E-state index contributed by atoms with van der Waals surface area (Å²) in [5.74, 6) is 0.750. The number of carbonyl (C=O) groups is 1. The smallest absolute Gasteiger partial charge is 0.255 e. The summed E-state index contributed by atoms with van der Waals surface area (Å²) < 4.78 is 0.945. The summed E-state index contributed by atoms with van der Waals surface area (Å²) in [5, 5.41) is 2.88. The molecule has 0 fully saturated rings. The Bertz CT molecular complexity index is 907.